The van der Waals surface area contributed by atoms with E-state index in [1.807, 2.05) is 7.05 Å². The molecular weight excluding hydrogens is 325 g/mol. The van der Waals surface area contributed by atoms with Gasteiger partial charge in [0.15, 0.2) is 6.61 Å². The quantitative estimate of drug-likeness (QED) is 0.805. The highest BCUT2D eigenvalue weighted by atomic mass is 19.4. The second kappa shape index (κ2) is 8.00. The van der Waals surface area contributed by atoms with Gasteiger partial charge in [0.2, 0.25) is 5.88 Å². The predicted octanol–water partition coefficient (Wildman–Crippen LogP) is 2.41. The Morgan fingerprint density at radius 3 is 2.92 bits per heavy atom. The van der Waals surface area contributed by atoms with E-state index in [4.69, 9.17) is 0 Å². The van der Waals surface area contributed by atoms with Gasteiger partial charge in [-0.25, -0.2) is 9.78 Å². The minimum absolute atomic E-state index is 0.205. The van der Waals surface area contributed by atoms with Crippen molar-refractivity contribution in [3.63, 3.8) is 0 Å². The zero-order valence-electron chi connectivity index (χ0n) is 13.2. The first-order chi connectivity index (χ1) is 11.3. The number of anilines is 1. The van der Waals surface area contributed by atoms with Crippen LogP contribution < -0.4 is 15.4 Å². The number of carbonyl (C=O) groups excluding carboxylic acids is 1. The molecule has 0 saturated heterocycles. The van der Waals surface area contributed by atoms with Crippen LogP contribution in [0.5, 0.6) is 5.88 Å². The Morgan fingerprint density at radius 2 is 2.25 bits per heavy atom. The lowest BCUT2D eigenvalue weighted by atomic mass is 10.1. The van der Waals surface area contributed by atoms with Crippen LogP contribution in [0.2, 0.25) is 0 Å². The van der Waals surface area contributed by atoms with Crippen LogP contribution in [0.4, 0.5) is 23.7 Å². The van der Waals surface area contributed by atoms with Crippen LogP contribution in [0.25, 0.3) is 0 Å². The van der Waals surface area contributed by atoms with E-state index >= 15 is 0 Å². The summed E-state index contributed by atoms with van der Waals surface area (Å²) < 4.78 is 40.9. The normalized spacial score (nSPS) is 15.6. The minimum atomic E-state index is -4.44. The first-order valence-corrected chi connectivity index (χ1v) is 7.39. The summed E-state index contributed by atoms with van der Waals surface area (Å²) in [5.74, 6) is -0.205. The number of alkyl halides is 3. The van der Waals surface area contributed by atoms with Gasteiger partial charge in [-0.05, 0) is 19.5 Å². The Balaban J connectivity index is 1.81. The summed E-state index contributed by atoms with van der Waals surface area (Å²) in [5, 5.41) is 5.25. The van der Waals surface area contributed by atoms with Gasteiger partial charge in [-0.2, -0.15) is 13.2 Å². The van der Waals surface area contributed by atoms with E-state index in [0.29, 0.717) is 12.2 Å². The number of ether oxygens (including phenoxy) is 1. The molecule has 9 heteroatoms. The van der Waals surface area contributed by atoms with Gasteiger partial charge in [-0.1, -0.05) is 11.6 Å². The summed E-state index contributed by atoms with van der Waals surface area (Å²) in [5.41, 5.74) is 1.45. The first kappa shape index (κ1) is 18.1. The average Bonchev–Trinajstić information content (AvgIpc) is 2.52. The van der Waals surface area contributed by atoms with Crippen LogP contribution in [0.15, 0.2) is 30.0 Å². The number of aromatic nitrogens is 1. The third-order valence-corrected chi connectivity index (χ3v) is 3.36. The molecule has 0 spiro atoms. The number of nitrogens with zero attached hydrogens (tertiary/aromatic N) is 2. The highest BCUT2D eigenvalue weighted by Crippen LogP contribution is 2.19. The Labute approximate surface area is 137 Å². The third-order valence-electron chi connectivity index (χ3n) is 3.36. The largest absolute Gasteiger partial charge is 0.468 e. The smallest absolute Gasteiger partial charge is 0.422 e. The predicted molar refractivity (Wildman–Crippen MR) is 83.0 cm³/mol. The SMILES string of the molecule is CN1CC=C(CNC(=O)Nc2ccnc(OCC(F)(F)F)c2)CC1. The summed E-state index contributed by atoms with van der Waals surface area (Å²) in [4.78, 5) is 17.7. The molecule has 0 saturated carbocycles. The van der Waals surface area contributed by atoms with E-state index in [1.54, 1.807) is 0 Å². The van der Waals surface area contributed by atoms with E-state index in [-0.39, 0.29) is 5.88 Å². The highest BCUT2D eigenvalue weighted by molar-refractivity contribution is 5.89. The summed E-state index contributed by atoms with van der Waals surface area (Å²) in [6.45, 7) is 0.794. The first-order valence-electron chi connectivity index (χ1n) is 7.39. The van der Waals surface area contributed by atoms with Gasteiger partial charge in [0.25, 0.3) is 0 Å². The maximum atomic E-state index is 12.1. The lowest BCUT2D eigenvalue weighted by Crippen LogP contribution is -2.33. The maximum Gasteiger partial charge on any atom is 0.422 e. The molecule has 2 heterocycles. The molecule has 2 amide bonds. The Kier molecular flexibility index (Phi) is 6.02. The molecule has 6 nitrogen and oxygen atoms in total. The minimum Gasteiger partial charge on any atom is -0.468 e. The summed E-state index contributed by atoms with van der Waals surface area (Å²) in [7, 11) is 2.02. The topological polar surface area (TPSA) is 66.5 Å². The molecule has 1 aromatic rings. The van der Waals surface area contributed by atoms with E-state index in [1.165, 1.54) is 18.3 Å². The number of hydrogen-bond acceptors (Lipinski definition) is 4. The molecule has 24 heavy (non-hydrogen) atoms. The number of halogens is 3. The zero-order valence-corrected chi connectivity index (χ0v) is 13.2. The fourth-order valence-corrected chi connectivity index (χ4v) is 2.06. The molecule has 1 aliphatic heterocycles. The van der Waals surface area contributed by atoms with Gasteiger partial charge in [-0.3, -0.25) is 0 Å². The van der Waals surface area contributed by atoms with Gasteiger partial charge in [0, 0.05) is 37.6 Å². The van der Waals surface area contributed by atoms with Gasteiger partial charge >= 0.3 is 12.2 Å². The average molecular weight is 344 g/mol. The van der Waals surface area contributed by atoms with Crippen molar-refractivity contribution < 1.29 is 22.7 Å². The van der Waals surface area contributed by atoms with Crippen molar-refractivity contribution in [2.45, 2.75) is 12.6 Å². The molecule has 0 radical (unpaired) electrons. The molecule has 1 aliphatic rings. The number of pyridine rings is 1. The van der Waals surface area contributed by atoms with Crippen LogP contribution in [-0.4, -0.2) is 55.4 Å². The monoisotopic (exact) mass is 344 g/mol. The number of nitrogens with one attached hydrogen (secondary N) is 2. The second-order valence-corrected chi connectivity index (χ2v) is 5.47. The summed E-state index contributed by atoms with van der Waals surface area (Å²) in [6, 6.07) is 2.26. The van der Waals surface area contributed by atoms with E-state index in [9.17, 15) is 18.0 Å². The van der Waals surface area contributed by atoms with Gasteiger partial charge in [0.05, 0.1) is 0 Å². The standard InChI is InChI=1S/C15H19F3N4O2/c1-22-6-3-11(4-7-22)9-20-14(23)21-12-2-5-19-13(8-12)24-10-15(16,17)18/h2-3,5,8H,4,6-7,9-10H2,1H3,(H2,19,20,21,23). The summed E-state index contributed by atoms with van der Waals surface area (Å²) in [6.07, 6.45) is -0.216. The van der Waals surface area contributed by atoms with Gasteiger partial charge < -0.3 is 20.3 Å². The molecule has 1 aromatic heterocycles. The molecule has 0 aromatic carbocycles. The maximum absolute atomic E-state index is 12.1. The number of rotatable bonds is 5. The van der Waals surface area contributed by atoms with Crippen molar-refractivity contribution in [3.05, 3.63) is 30.0 Å². The summed E-state index contributed by atoms with van der Waals surface area (Å²) >= 11 is 0. The number of likely N-dealkylation sites (N-methyl/N-ethyl adjacent to an activating group) is 1. The molecule has 0 aliphatic carbocycles. The van der Waals surface area contributed by atoms with Crippen LogP contribution in [0.1, 0.15) is 6.42 Å². The van der Waals surface area contributed by atoms with Crippen molar-refractivity contribution in [1.29, 1.82) is 0 Å². The number of hydrogen-bond donors (Lipinski definition) is 2. The Bertz CT molecular complexity index is 605. The van der Waals surface area contributed by atoms with Gasteiger partial charge in [0.1, 0.15) is 0 Å². The Morgan fingerprint density at radius 1 is 1.46 bits per heavy atom. The number of carbonyl (C=O) groups is 1. The van der Waals surface area contributed by atoms with Crippen molar-refractivity contribution in [2.24, 2.45) is 0 Å². The van der Waals surface area contributed by atoms with E-state index in [2.05, 4.69) is 31.3 Å². The van der Waals surface area contributed by atoms with Gasteiger partial charge in [-0.15, -0.1) is 0 Å². The van der Waals surface area contributed by atoms with Crippen LogP contribution in [-0.2, 0) is 0 Å². The Hall–Kier alpha value is -2.29. The van der Waals surface area contributed by atoms with Crippen molar-refractivity contribution in [1.82, 2.24) is 15.2 Å². The van der Waals surface area contributed by atoms with E-state index < -0.39 is 18.8 Å². The molecular formula is C15H19F3N4O2. The molecule has 0 unspecified atom stereocenters. The molecule has 132 valence electrons. The fraction of sp³-hybridized carbons (Fsp3) is 0.467. The van der Waals surface area contributed by atoms with Crippen molar-refractivity contribution in [3.8, 4) is 5.88 Å². The molecule has 0 bridgehead atoms. The molecule has 0 atom stereocenters. The molecule has 2 rings (SSSR count). The van der Waals surface area contributed by atoms with Crippen LogP contribution in [0.3, 0.4) is 0 Å². The van der Waals surface area contributed by atoms with Crippen molar-refractivity contribution >= 4 is 11.7 Å². The highest BCUT2D eigenvalue weighted by Gasteiger charge is 2.28. The molecule has 2 N–H and O–H groups in total. The van der Waals surface area contributed by atoms with Crippen LogP contribution in [0, 0.1) is 0 Å². The second-order valence-electron chi connectivity index (χ2n) is 5.47. The van der Waals surface area contributed by atoms with E-state index in [0.717, 1.165) is 25.1 Å². The number of amides is 2. The lowest BCUT2D eigenvalue weighted by Gasteiger charge is -2.22. The lowest BCUT2D eigenvalue weighted by molar-refractivity contribution is -0.154. The van der Waals surface area contributed by atoms with Crippen LogP contribution >= 0.6 is 0 Å². The number of urea groups is 1. The third kappa shape index (κ3) is 6.45. The molecule has 0 fully saturated rings. The zero-order chi connectivity index (χ0) is 17.6. The fourth-order valence-electron chi connectivity index (χ4n) is 2.06. The van der Waals surface area contributed by atoms with Crippen molar-refractivity contribution in [2.75, 3.05) is 38.6 Å².